The molecular weight excluding hydrogens is 232 g/mol. The Morgan fingerprint density at radius 2 is 2.22 bits per heavy atom. The summed E-state index contributed by atoms with van der Waals surface area (Å²) in [5.41, 5.74) is 2.78. The highest BCUT2D eigenvalue weighted by atomic mass is 16.5. The van der Waals surface area contributed by atoms with Crippen LogP contribution in [0.15, 0.2) is 6.07 Å². The molecule has 1 fully saturated rings. The summed E-state index contributed by atoms with van der Waals surface area (Å²) in [7, 11) is 0. The van der Waals surface area contributed by atoms with E-state index in [1.54, 1.807) is 13.0 Å². The normalized spacial score (nSPS) is 14.1. The van der Waals surface area contributed by atoms with Crippen LogP contribution in [0.1, 0.15) is 40.2 Å². The number of hydrogen-bond acceptors (Lipinski definition) is 4. The molecule has 0 radical (unpaired) electrons. The van der Waals surface area contributed by atoms with Crippen LogP contribution in [0.2, 0.25) is 0 Å². The predicted octanol–water partition coefficient (Wildman–Crippen LogP) is 1.26. The lowest BCUT2D eigenvalue weighted by molar-refractivity contribution is -0.129. The number of hydrogen-bond donors (Lipinski definition) is 1. The van der Waals surface area contributed by atoms with Gasteiger partial charge in [0, 0.05) is 17.3 Å². The van der Waals surface area contributed by atoms with E-state index in [0.29, 0.717) is 23.8 Å². The van der Waals surface area contributed by atoms with Gasteiger partial charge < -0.3 is 10.1 Å². The molecule has 1 saturated carbocycles. The lowest BCUT2D eigenvalue weighted by Gasteiger charge is -2.10. The van der Waals surface area contributed by atoms with Crippen molar-refractivity contribution >= 4 is 12.4 Å². The monoisotopic (exact) mass is 248 g/mol. The molecule has 1 aliphatic carbocycles. The van der Waals surface area contributed by atoms with Crippen molar-refractivity contribution in [1.82, 2.24) is 10.3 Å². The number of nitrogens with zero attached hydrogens (tertiary/aromatic N) is 1. The maximum Gasteiger partial charge on any atom is 0.293 e. The van der Waals surface area contributed by atoms with E-state index in [1.165, 1.54) is 0 Å². The minimum absolute atomic E-state index is 0.102. The number of aryl methyl sites for hydroxylation is 2. The third kappa shape index (κ3) is 2.85. The fourth-order valence-electron chi connectivity index (χ4n) is 1.76. The summed E-state index contributed by atoms with van der Waals surface area (Å²) in [4.78, 5) is 26.5. The van der Waals surface area contributed by atoms with Crippen molar-refractivity contribution < 1.29 is 14.3 Å². The molecule has 0 unspecified atom stereocenters. The number of rotatable bonds is 5. The standard InChI is InChI=1S/C13H16N2O3/c1-8-10(6-18-7-16)5-12(9(2)14-8)13(17)15-11-3-4-11/h5,7,11H,3-4,6H2,1-2H3,(H,15,17). The number of nitrogens with one attached hydrogen (secondary N) is 1. The molecule has 5 heteroatoms. The summed E-state index contributed by atoms with van der Waals surface area (Å²) >= 11 is 0. The minimum Gasteiger partial charge on any atom is -0.463 e. The molecular formula is C13H16N2O3. The molecule has 1 aromatic rings. The third-order valence-electron chi connectivity index (χ3n) is 2.97. The molecule has 0 aromatic carbocycles. The highest BCUT2D eigenvalue weighted by molar-refractivity contribution is 5.95. The van der Waals surface area contributed by atoms with Gasteiger partial charge in [0.05, 0.1) is 11.3 Å². The summed E-state index contributed by atoms with van der Waals surface area (Å²) in [5.74, 6) is -0.102. The van der Waals surface area contributed by atoms with Crippen molar-refractivity contribution in [3.63, 3.8) is 0 Å². The maximum absolute atomic E-state index is 12.0. The van der Waals surface area contributed by atoms with Crippen LogP contribution in [-0.2, 0) is 16.1 Å². The van der Waals surface area contributed by atoms with Crippen LogP contribution in [0, 0.1) is 13.8 Å². The summed E-state index contributed by atoms with van der Waals surface area (Å²) in [6.07, 6.45) is 2.09. The molecule has 5 nitrogen and oxygen atoms in total. The van der Waals surface area contributed by atoms with Crippen LogP contribution in [0.3, 0.4) is 0 Å². The number of carbonyl (C=O) groups is 2. The molecule has 0 spiro atoms. The average Bonchev–Trinajstić information content (AvgIpc) is 3.11. The Morgan fingerprint density at radius 3 is 2.83 bits per heavy atom. The molecule has 2 rings (SSSR count). The number of aromatic nitrogens is 1. The Morgan fingerprint density at radius 1 is 1.50 bits per heavy atom. The average molecular weight is 248 g/mol. The molecule has 1 amide bonds. The van der Waals surface area contributed by atoms with Gasteiger partial charge in [0.25, 0.3) is 12.4 Å². The van der Waals surface area contributed by atoms with Crippen LogP contribution in [-0.4, -0.2) is 23.4 Å². The zero-order valence-corrected chi connectivity index (χ0v) is 10.5. The van der Waals surface area contributed by atoms with E-state index in [4.69, 9.17) is 4.74 Å². The highest BCUT2D eigenvalue weighted by Crippen LogP contribution is 2.20. The van der Waals surface area contributed by atoms with Crippen LogP contribution < -0.4 is 5.32 Å². The second kappa shape index (κ2) is 5.16. The number of ether oxygens (including phenoxy) is 1. The molecule has 0 bridgehead atoms. The van der Waals surface area contributed by atoms with E-state index < -0.39 is 0 Å². The van der Waals surface area contributed by atoms with E-state index in [2.05, 4.69) is 10.3 Å². The molecule has 1 aromatic heterocycles. The van der Waals surface area contributed by atoms with Crippen molar-refractivity contribution in [1.29, 1.82) is 0 Å². The van der Waals surface area contributed by atoms with Gasteiger partial charge in [-0.2, -0.15) is 0 Å². The summed E-state index contributed by atoms with van der Waals surface area (Å²) < 4.78 is 4.72. The fourth-order valence-corrected chi connectivity index (χ4v) is 1.76. The Bertz CT molecular complexity index is 481. The van der Waals surface area contributed by atoms with E-state index >= 15 is 0 Å². The smallest absolute Gasteiger partial charge is 0.293 e. The van der Waals surface area contributed by atoms with E-state index in [0.717, 1.165) is 24.1 Å². The first-order valence-electron chi connectivity index (χ1n) is 5.95. The second-order valence-corrected chi connectivity index (χ2v) is 4.52. The van der Waals surface area contributed by atoms with Crippen LogP contribution in [0.25, 0.3) is 0 Å². The Kier molecular flexibility index (Phi) is 3.60. The van der Waals surface area contributed by atoms with Gasteiger partial charge in [-0.05, 0) is 32.8 Å². The SMILES string of the molecule is Cc1nc(C)c(C(=O)NC2CC2)cc1COC=O. The Hall–Kier alpha value is -1.91. The lowest BCUT2D eigenvalue weighted by Crippen LogP contribution is -2.26. The van der Waals surface area contributed by atoms with Gasteiger partial charge >= 0.3 is 0 Å². The van der Waals surface area contributed by atoms with Crippen LogP contribution in [0.4, 0.5) is 0 Å². The van der Waals surface area contributed by atoms with Crippen molar-refractivity contribution in [3.05, 3.63) is 28.6 Å². The third-order valence-corrected chi connectivity index (χ3v) is 2.97. The Balaban J connectivity index is 2.21. The molecule has 1 heterocycles. The maximum atomic E-state index is 12.0. The van der Waals surface area contributed by atoms with Crippen molar-refractivity contribution in [2.45, 2.75) is 39.3 Å². The van der Waals surface area contributed by atoms with Gasteiger partial charge in [0.1, 0.15) is 6.61 Å². The van der Waals surface area contributed by atoms with Crippen molar-refractivity contribution in [2.24, 2.45) is 0 Å². The number of carbonyl (C=O) groups excluding carboxylic acids is 2. The minimum atomic E-state index is -0.102. The fraction of sp³-hybridized carbons (Fsp3) is 0.462. The van der Waals surface area contributed by atoms with Gasteiger partial charge in [-0.15, -0.1) is 0 Å². The Labute approximate surface area is 106 Å². The largest absolute Gasteiger partial charge is 0.463 e. The zero-order chi connectivity index (χ0) is 13.1. The number of pyridine rings is 1. The first-order valence-corrected chi connectivity index (χ1v) is 5.95. The van der Waals surface area contributed by atoms with E-state index in [-0.39, 0.29) is 12.5 Å². The molecule has 18 heavy (non-hydrogen) atoms. The predicted molar refractivity (Wildman–Crippen MR) is 65.1 cm³/mol. The van der Waals surface area contributed by atoms with Gasteiger partial charge in [-0.25, -0.2) is 0 Å². The molecule has 1 N–H and O–H groups in total. The lowest BCUT2D eigenvalue weighted by atomic mass is 10.1. The van der Waals surface area contributed by atoms with Crippen molar-refractivity contribution in [3.8, 4) is 0 Å². The van der Waals surface area contributed by atoms with Gasteiger partial charge in [0.2, 0.25) is 0 Å². The quantitative estimate of drug-likeness (QED) is 0.797. The molecule has 96 valence electrons. The van der Waals surface area contributed by atoms with Crippen molar-refractivity contribution in [2.75, 3.05) is 0 Å². The first kappa shape index (κ1) is 12.5. The van der Waals surface area contributed by atoms with E-state index in [9.17, 15) is 9.59 Å². The summed E-state index contributed by atoms with van der Waals surface area (Å²) in [5, 5.41) is 2.92. The second-order valence-electron chi connectivity index (χ2n) is 4.52. The topological polar surface area (TPSA) is 68.3 Å². The first-order chi connectivity index (χ1) is 8.61. The van der Waals surface area contributed by atoms with Crippen LogP contribution in [0.5, 0.6) is 0 Å². The summed E-state index contributed by atoms with van der Waals surface area (Å²) in [6, 6.07) is 2.06. The highest BCUT2D eigenvalue weighted by Gasteiger charge is 2.25. The summed E-state index contributed by atoms with van der Waals surface area (Å²) in [6.45, 7) is 4.17. The molecule has 0 saturated heterocycles. The van der Waals surface area contributed by atoms with Gasteiger partial charge in [-0.1, -0.05) is 0 Å². The van der Waals surface area contributed by atoms with Gasteiger partial charge in [-0.3, -0.25) is 14.6 Å². The zero-order valence-electron chi connectivity index (χ0n) is 10.5. The molecule has 0 atom stereocenters. The number of amides is 1. The van der Waals surface area contributed by atoms with Crippen LogP contribution >= 0.6 is 0 Å². The molecule has 0 aliphatic heterocycles. The molecule has 1 aliphatic rings. The van der Waals surface area contributed by atoms with E-state index in [1.807, 2.05) is 6.92 Å². The van der Waals surface area contributed by atoms with Gasteiger partial charge in [0.15, 0.2) is 0 Å².